The molecule has 0 saturated carbocycles. The van der Waals surface area contributed by atoms with E-state index in [1.807, 2.05) is 6.07 Å². The van der Waals surface area contributed by atoms with Crippen molar-refractivity contribution in [1.82, 2.24) is 15.1 Å². The van der Waals surface area contributed by atoms with E-state index in [0.717, 1.165) is 5.56 Å². The number of anilines is 1. The number of aromatic nitrogens is 2. The molecular weight excluding hydrogens is 335 g/mol. The minimum Gasteiger partial charge on any atom is -0.358 e. The summed E-state index contributed by atoms with van der Waals surface area (Å²) >= 11 is 5.29. The van der Waals surface area contributed by atoms with E-state index in [9.17, 15) is 4.39 Å². The second-order valence-electron chi connectivity index (χ2n) is 5.78. The van der Waals surface area contributed by atoms with Crippen molar-refractivity contribution in [2.24, 2.45) is 0 Å². The SMILES string of the molecule is Cc1ccc(CNC(=S)Nc2ccn(Cc3ccccc3F)n2)cc1. The largest absolute Gasteiger partial charge is 0.358 e. The number of aryl methyl sites for hydroxylation is 1. The van der Waals surface area contributed by atoms with Crippen molar-refractivity contribution >= 4 is 23.1 Å². The molecule has 0 aliphatic carbocycles. The molecule has 0 aliphatic heterocycles. The number of thiocarbonyl (C=S) groups is 1. The summed E-state index contributed by atoms with van der Waals surface area (Å²) in [5.41, 5.74) is 2.97. The third-order valence-corrected chi connectivity index (χ3v) is 3.99. The maximum atomic E-state index is 13.7. The Balaban J connectivity index is 1.53. The molecule has 2 N–H and O–H groups in total. The molecule has 3 aromatic rings. The number of hydrogen-bond acceptors (Lipinski definition) is 2. The Bertz CT molecular complexity index is 858. The van der Waals surface area contributed by atoms with Crippen LogP contribution in [-0.4, -0.2) is 14.9 Å². The number of benzene rings is 2. The van der Waals surface area contributed by atoms with Gasteiger partial charge >= 0.3 is 0 Å². The van der Waals surface area contributed by atoms with Crippen molar-refractivity contribution < 1.29 is 4.39 Å². The molecule has 0 spiro atoms. The van der Waals surface area contributed by atoms with Crippen molar-refractivity contribution in [2.75, 3.05) is 5.32 Å². The Labute approximate surface area is 151 Å². The summed E-state index contributed by atoms with van der Waals surface area (Å²) in [6.45, 7) is 3.07. The zero-order valence-corrected chi connectivity index (χ0v) is 14.7. The molecule has 0 atom stereocenters. The van der Waals surface area contributed by atoms with Crippen LogP contribution in [0.2, 0.25) is 0 Å². The summed E-state index contributed by atoms with van der Waals surface area (Å²) in [5.74, 6) is 0.389. The van der Waals surface area contributed by atoms with E-state index in [-0.39, 0.29) is 5.82 Å². The summed E-state index contributed by atoms with van der Waals surface area (Å²) in [6.07, 6.45) is 1.79. The predicted octanol–water partition coefficient (Wildman–Crippen LogP) is 3.87. The van der Waals surface area contributed by atoms with Crippen LogP contribution in [0.25, 0.3) is 0 Å². The van der Waals surface area contributed by atoms with Crippen LogP contribution in [0, 0.1) is 12.7 Å². The molecule has 0 radical (unpaired) electrons. The topological polar surface area (TPSA) is 41.9 Å². The van der Waals surface area contributed by atoms with Crippen molar-refractivity contribution in [3.8, 4) is 0 Å². The summed E-state index contributed by atoms with van der Waals surface area (Å²) in [4.78, 5) is 0. The Morgan fingerprint density at radius 2 is 1.88 bits per heavy atom. The molecule has 1 aromatic heterocycles. The summed E-state index contributed by atoms with van der Waals surface area (Å²) < 4.78 is 15.4. The highest BCUT2D eigenvalue weighted by Gasteiger charge is 2.05. The Morgan fingerprint density at radius 3 is 2.64 bits per heavy atom. The zero-order chi connectivity index (χ0) is 17.6. The average Bonchev–Trinajstić information content (AvgIpc) is 3.03. The first-order valence-electron chi connectivity index (χ1n) is 7.97. The van der Waals surface area contributed by atoms with Crippen molar-refractivity contribution in [1.29, 1.82) is 0 Å². The van der Waals surface area contributed by atoms with Crippen LogP contribution in [0.1, 0.15) is 16.7 Å². The molecule has 128 valence electrons. The Hall–Kier alpha value is -2.73. The minimum absolute atomic E-state index is 0.234. The number of rotatable bonds is 5. The third kappa shape index (κ3) is 4.87. The molecule has 0 amide bonds. The minimum atomic E-state index is -0.234. The van der Waals surface area contributed by atoms with Crippen LogP contribution in [0.4, 0.5) is 10.2 Å². The smallest absolute Gasteiger partial charge is 0.172 e. The van der Waals surface area contributed by atoms with Gasteiger partial charge in [-0.3, -0.25) is 4.68 Å². The van der Waals surface area contributed by atoms with E-state index >= 15 is 0 Å². The third-order valence-electron chi connectivity index (χ3n) is 3.75. The molecule has 6 heteroatoms. The number of hydrogen-bond donors (Lipinski definition) is 2. The molecule has 0 unspecified atom stereocenters. The second-order valence-corrected chi connectivity index (χ2v) is 6.19. The maximum absolute atomic E-state index is 13.7. The first-order valence-corrected chi connectivity index (χ1v) is 8.38. The number of nitrogens with zero attached hydrogens (tertiary/aromatic N) is 2. The molecule has 2 aromatic carbocycles. The van der Waals surface area contributed by atoms with Gasteiger partial charge in [0.2, 0.25) is 0 Å². The van der Waals surface area contributed by atoms with E-state index in [2.05, 4.69) is 46.9 Å². The van der Waals surface area contributed by atoms with Gasteiger partial charge in [-0.15, -0.1) is 0 Å². The highest BCUT2D eigenvalue weighted by Crippen LogP contribution is 2.10. The molecule has 4 nitrogen and oxygen atoms in total. The van der Waals surface area contributed by atoms with Gasteiger partial charge in [0.1, 0.15) is 5.82 Å². The van der Waals surface area contributed by atoms with Gasteiger partial charge in [-0.25, -0.2) is 4.39 Å². The van der Waals surface area contributed by atoms with E-state index < -0.39 is 0 Å². The van der Waals surface area contributed by atoms with Crippen LogP contribution in [0.5, 0.6) is 0 Å². The lowest BCUT2D eigenvalue weighted by Crippen LogP contribution is -2.28. The second kappa shape index (κ2) is 7.90. The van der Waals surface area contributed by atoms with Gasteiger partial charge in [-0.1, -0.05) is 48.0 Å². The average molecular weight is 354 g/mol. The standard InChI is InChI=1S/C19H19FN4S/c1-14-6-8-15(9-7-14)12-21-19(25)22-18-10-11-24(23-18)13-16-4-2-3-5-17(16)20/h2-11H,12-13H2,1H3,(H2,21,22,23,25). The van der Waals surface area contributed by atoms with Crippen molar-refractivity contribution in [3.05, 3.63) is 83.3 Å². The highest BCUT2D eigenvalue weighted by atomic mass is 32.1. The fourth-order valence-corrected chi connectivity index (χ4v) is 2.54. The first-order chi connectivity index (χ1) is 12.1. The molecule has 3 rings (SSSR count). The highest BCUT2D eigenvalue weighted by molar-refractivity contribution is 7.80. The van der Waals surface area contributed by atoms with Gasteiger partial charge in [-0.05, 0) is 30.8 Å². The summed E-state index contributed by atoms with van der Waals surface area (Å²) in [5, 5.41) is 11.0. The van der Waals surface area contributed by atoms with Gasteiger partial charge in [0.25, 0.3) is 0 Å². The van der Waals surface area contributed by atoms with Gasteiger partial charge in [0, 0.05) is 24.4 Å². The van der Waals surface area contributed by atoms with E-state index in [4.69, 9.17) is 12.2 Å². The van der Waals surface area contributed by atoms with Gasteiger partial charge in [0.05, 0.1) is 6.54 Å². The lowest BCUT2D eigenvalue weighted by molar-refractivity contribution is 0.586. The quantitative estimate of drug-likeness (QED) is 0.683. The molecule has 0 fully saturated rings. The molecule has 25 heavy (non-hydrogen) atoms. The van der Waals surface area contributed by atoms with Crippen LogP contribution in [0.3, 0.4) is 0 Å². The van der Waals surface area contributed by atoms with E-state index in [1.54, 1.807) is 29.1 Å². The maximum Gasteiger partial charge on any atom is 0.172 e. The predicted molar refractivity (Wildman–Crippen MR) is 102 cm³/mol. The van der Waals surface area contributed by atoms with Crippen LogP contribution < -0.4 is 10.6 Å². The molecule has 0 bridgehead atoms. The van der Waals surface area contributed by atoms with Gasteiger partial charge < -0.3 is 10.6 Å². The number of halogens is 1. The van der Waals surface area contributed by atoms with Crippen molar-refractivity contribution in [3.63, 3.8) is 0 Å². The lowest BCUT2D eigenvalue weighted by Gasteiger charge is -2.09. The molecular formula is C19H19FN4S. The van der Waals surface area contributed by atoms with Crippen LogP contribution >= 0.6 is 12.2 Å². The van der Waals surface area contributed by atoms with Gasteiger partial charge in [-0.2, -0.15) is 5.10 Å². The monoisotopic (exact) mass is 354 g/mol. The van der Waals surface area contributed by atoms with Crippen LogP contribution in [-0.2, 0) is 13.1 Å². The number of nitrogens with one attached hydrogen (secondary N) is 2. The van der Waals surface area contributed by atoms with Crippen molar-refractivity contribution in [2.45, 2.75) is 20.0 Å². The molecule has 0 aliphatic rings. The lowest BCUT2D eigenvalue weighted by atomic mass is 10.1. The fraction of sp³-hybridized carbons (Fsp3) is 0.158. The summed E-state index contributed by atoms with van der Waals surface area (Å²) in [7, 11) is 0. The summed E-state index contributed by atoms with van der Waals surface area (Å²) in [6, 6.07) is 16.7. The zero-order valence-electron chi connectivity index (χ0n) is 13.9. The Kier molecular flexibility index (Phi) is 5.40. The fourth-order valence-electron chi connectivity index (χ4n) is 2.37. The Morgan fingerprint density at radius 1 is 1.12 bits per heavy atom. The molecule has 1 heterocycles. The molecule has 0 saturated heterocycles. The normalized spacial score (nSPS) is 10.5. The van der Waals surface area contributed by atoms with Crippen LogP contribution in [0.15, 0.2) is 60.8 Å². The van der Waals surface area contributed by atoms with E-state index in [1.165, 1.54) is 11.6 Å². The van der Waals surface area contributed by atoms with Gasteiger partial charge in [0.15, 0.2) is 10.9 Å². The van der Waals surface area contributed by atoms with E-state index in [0.29, 0.717) is 29.6 Å². The first kappa shape index (κ1) is 17.1.